The van der Waals surface area contributed by atoms with E-state index in [-0.39, 0.29) is 0 Å². The van der Waals surface area contributed by atoms with Gasteiger partial charge in [0.1, 0.15) is 0 Å². The Morgan fingerprint density at radius 3 is 1.63 bits per heavy atom. The maximum Gasteiger partial charge on any atom is 0.0562 e. The Hall–Kier alpha value is -6.42. The quantitative estimate of drug-likeness (QED) is 0.177. The Morgan fingerprint density at radius 2 is 0.922 bits per heavy atom. The highest BCUT2D eigenvalue weighted by atomic mass is 32.1. The minimum atomic E-state index is 1.16. The number of para-hydroxylation sites is 3. The minimum absolute atomic E-state index is 1.16. The smallest absolute Gasteiger partial charge is 0.0562 e. The summed E-state index contributed by atoms with van der Waals surface area (Å²) in [6.45, 7) is 0. The van der Waals surface area contributed by atoms with E-state index in [1.54, 1.807) is 0 Å². The van der Waals surface area contributed by atoms with E-state index in [0.717, 1.165) is 5.69 Å². The molecule has 51 heavy (non-hydrogen) atoms. The zero-order valence-electron chi connectivity index (χ0n) is 27.6. The van der Waals surface area contributed by atoms with Crippen LogP contribution >= 0.6 is 11.3 Å². The molecule has 0 aliphatic carbocycles. The van der Waals surface area contributed by atoms with Crippen LogP contribution in [0.3, 0.4) is 0 Å². The molecule has 0 aliphatic rings. The molecule has 0 amide bonds. The predicted molar refractivity (Wildman–Crippen MR) is 219 cm³/mol. The number of benzene rings is 8. The molecule has 8 aromatic carbocycles. The molecule has 2 nitrogen and oxygen atoms in total. The molecular formula is C48H30N2S. The third kappa shape index (κ3) is 4.22. The van der Waals surface area contributed by atoms with Crippen LogP contribution in [0.1, 0.15) is 0 Å². The molecule has 3 heterocycles. The van der Waals surface area contributed by atoms with Gasteiger partial charge in [-0.2, -0.15) is 0 Å². The Labute approximate surface area is 298 Å². The number of hydrogen-bond acceptors (Lipinski definition) is 1. The van der Waals surface area contributed by atoms with Gasteiger partial charge in [-0.05, 0) is 76.9 Å². The fraction of sp³-hybridized carbons (Fsp3) is 0. The molecule has 3 heteroatoms. The summed E-state index contributed by atoms with van der Waals surface area (Å²) in [5.41, 5.74) is 12.2. The van der Waals surface area contributed by atoms with Gasteiger partial charge in [-0.15, -0.1) is 11.3 Å². The first-order valence-corrected chi connectivity index (χ1v) is 18.3. The normalized spacial score (nSPS) is 11.9. The van der Waals surface area contributed by atoms with Crippen LogP contribution in [0, 0.1) is 0 Å². The molecule has 238 valence electrons. The van der Waals surface area contributed by atoms with E-state index in [1.807, 2.05) is 11.3 Å². The summed E-state index contributed by atoms with van der Waals surface area (Å²) < 4.78 is 7.51. The van der Waals surface area contributed by atoms with Gasteiger partial charge in [-0.1, -0.05) is 127 Å². The summed E-state index contributed by atoms with van der Waals surface area (Å²) >= 11 is 1.87. The standard InChI is InChI=1S/C48H30N2S/c1-2-13-31(14-3-1)34-15-4-5-16-35(34)32-25-28-46-40(29-32)48-44(23-12-24-47(48)51-46)50-43-22-11-8-19-38(43)39-27-26-33(30-45(39)50)49-41-20-9-6-17-36(41)37-18-7-10-21-42(37)49/h1-30H. The van der Waals surface area contributed by atoms with Gasteiger partial charge in [-0.3, -0.25) is 0 Å². The van der Waals surface area contributed by atoms with Gasteiger partial charge in [0.2, 0.25) is 0 Å². The van der Waals surface area contributed by atoms with Crippen molar-refractivity contribution in [2.24, 2.45) is 0 Å². The van der Waals surface area contributed by atoms with Crippen molar-refractivity contribution in [1.82, 2.24) is 9.13 Å². The second-order valence-electron chi connectivity index (χ2n) is 13.3. The third-order valence-corrected chi connectivity index (χ3v) is 11.7. The van der Waals surface area contributed by atoms with Gasteiger partial charge >= 0.3 is 0 Å². The van der Waals surface area contributed by atoms with E-state index in [4.69, 9.17) is 0 Å². The fourth-order valence-electron chi connectivity index (χ4n) is 8.32. The van der Waals surface area contributed by atoms with Crippen molar-refractivity contribution >= 4 is 75.1 Å². The lowest BCUT2D eigenvalue weighted by Gasteiger charge is -2.13. The van der Waals surface area contributed by atoms with E-state index in [0.29, 0.717) is 0 Å². The molecule has 0 unspecified atom stereocenters. The maximum atomic E-state index is 2.50. The highest BCUT2D eigenvalue weighted by Crippen LogP contribution is 2.44. The molecule has 11 aromatic rings. The van der Waals surface area contributed by atoms with Crippen molar-refractivity contribution in [1.29, 1.82) is 0 Å². The molecule has 0 N–H and O–H groups in total. The summed E-state index contributed by atoms with van der Waals surface area (Å²) in [5, 5.41) is 7.64. The van der Waals surface area contributed by atoms with Crippen LogP contribution in [-0.4, -0.2) is 9.13 Å². The number of thiophene rings is 1. The van der Waals surface area contributed by atoms with Crippen molar-refractivity contribution in [3.63, 3.8) is 0 Å². The average Bonchev–Trinajstić information content (AvgIpc) is 3.85. The zero-order valence-corrected chi connectivity index (χ0v) is 28.4. The minimum Gasteiger partial charge on any atom is -0.309 e. The van der Waals surface area contributed by atoms with Gasteiger partial charge in [0.15, 0.2) is 0 Å². The monoisotopic (exact) mass is 666 g/mol. The largest absolute Gasteiger partial charge is 0.309 e. The molecular weight excluding hydrogens is 637 g/mol. The summed E-state index contributed by atoms with van der Waals surface area (Å²) in [6.07, 6.45) is 0. The number of fused-ring (bicyclic) bond motifs is 9. The lowest BCUT2D eigenvalue weighted by Crippen LogP contribution is -1.97. The molecule has 0 saturated heterocycles. The fourth-order valence-corrected chi connectivity index (χ4v) is 9.43. The van der Waals surface area contributed by atoms with Crippen LogP contribution in [0.15, 0.2) is 182 Å². The van der Waals surface area contributed by atoms with Gasteiger partial charge in [-0.25, -0.2) is 0 Å². The van der Waals surface area contributed by atoms with Gasteiger partial charge in [0, 0.05) is 47.4 Å². The van der Waals surface area contributed by atoms with E-state index < -0.39 is 0 Å². The number of nitrogens with zero attached hydrogens (tertiary/aromatic N) is 2. The van der Waals surface area contributed by atoms with Crippen molar-refractivity contribution < 1.29 is 0 Å². The lowest BCUT2D eigenvalue weighted by atomic mass is 9.94. The topological polar surface area (TPSA) is 9.86 Å². The van der Waals surface area contributed by atoms with Crippen molar-refractivity contribution in [2.45, 2.75) is 0 Å². The highest BCUT2D eigenvalue weighted by Gasteiger charge is 2.19. The molecule has 0 spiro atoms. The van der Waals surface area contributed by atoms with E-state index in [1.165, 1.54) is 91.7 Å². The molecule has 0 bridgehead atoms. The van der Waals surface area contributed by atoms with Crippen LogP contribution in [0.4, 0.5) is 0 Å². The van der Waals surface area contributed by atoms with Gasteiger partial charge in [0.05, 0.1) is 27.8 Å². The van der Waals surface area contributed by atoms with Gasteiger partial charge in [0.25, 0.3) is 0 Å². The van der Waals surface area contributed by atoms with E-state index >= 15 is 0 Å². The first-order chi connectivity index (χ1) is 25.3. The Kier molecular flexibility index (Phi) is 6.16. The molecule has 0 atom stereocenters. The third-order valence-electron chi connectivity index (χ3n) is 10.5. The van der Waals surface area contributed by atoms with Crippen molar-refractivity contribution in [2.75, 3.05) is 0 Å². The van der Waals surface area contributed by atoms with E-state index in [2.05, 4.69) is 191 Å². The zero-order chi connectivity index (χ0) is 33.5. The van der Waals surface area contributed by atoms with Crippen LogP contribution in [0.2, 0.25) is 0 Å². The number of rotatable bonds is 4. The highest BCUT2D eigenvalue weighted by molar-refractivity contribution is 7.25. The molecule has 0 fully saturated rings. The van der Waals surface area contributed by atoms with Gasteiger partial charge < -0.3 is 9.13 Å². The number of hydrogen-bond donors (Lipinski definition) is 0. The second-order valence-corrected chi connectivity index (χ2v) is 14.4. The molecule has 11 rings (SSSR count). The van der Waals surface area contributed by atoms with Crippen molar-refractivity contribution in [3.05, 3.63) is 182 Å². The van der Waals surface area contributed by atoms with Crippen LogP contribution in [-0.2, 0) is 0 Å². The maximum absolute atomic E-state index is 2.50. The SMILES string of the molecule is c1ccc(-c2ccccc2-c2ccc3sc4cccc(-n5c6ccccc6c6ccc(-n7c8ccccc8c8ccccc87)cc65)c4c3c2)cc1. The molecule has 0 radical (unpaired) electrons. The Balaban J connectivity index is 1.19. The second kappa shape index (κ2) is 11.0. The molecule has 0 aliphatic heterocycles. The first kappa shape index (κ1) is 28.4. The summed E-state index contributed by atoms with van der Waals surface area (Å²) in [4.78, 5) is 0. The predicted octanol–water partition coefficient (Wildman–Crippen LogP) is 13.6. The van der Waals surface area contributed by atoms with Crippen LogP contribution < -0.4 is 0 Å². The van der Waals surface area contributed by atoms with Crippen LogP contribution in [0.5, 0.6) is 0 Å². The average molecular weight is 667 g/mol. The lowest BCUT2D eigenvalue weighted by molar-refractivity contribution is 1.16. The number of aromatic nitrogens is 2. The van der Waals surface area contributed by atoms with E-state index in [9.17, 15) is 0 Å². The Bertz CT molecular complexity index is 3090. The molecule has 3 aromatic heterocycles. The summed E-state index contributed by atoms with van der Waals surface area (Å²) in [7, 11) is 0. The first-order valence-electron chi connectivity index (χ1n) is 17.4. The Morgan fingerprint density at radius 1 is 0.333 bits per heavy atom. The summed E-state index contributed by atoms with van der Waals surface area (Å²) in [6, 6.07) is 66.6. The molecule has 0 saturated carbocycles. The summed E-state index contributed by atoms with van der Waals surface area (Å²) in [5.74, 6) is 0. The van der Waals surface area contributed by atoms with Crippen LogP contribution in [0.25, 0.3) is 97.4 Å². The van der Waals surface area contributed by atoms with Crippen molar-refractivity contribution in [3.8, 4) is 33.6 Å².